The maximum Gasteiger partial charge on any atom is 0.246 e. The zero-order chi connectivity index (χ0) is 10.3. The molecule has 0 radical (unpaired) electrons. The molecule has 0 amide bonds. The summed E-state index contributed by atoms with van der Waals surface area (Å²) in [5.41, 5.74) is 4.00. The summed E-state index contributed by atoms with van der Waals surface area (Å²) < 4.78 is 0. The van der Waals surface area contributed by atoms with Crippen LogP contribution in [0.25, 0.3) is 0 Å². The summed E-state index contributed by atoms with van der Waals surface area (Å²) in [5.74, 6) is 1.80. The zero-order valence-electron chi connectivity index (χ0n) is 8.38. The van der Waals surface area contributed by atoms with Gasteiger partial charge in [-0.1, -0.05) is 30.3 Å². The first kappa shape index (κ1) is 8.28. The molecule has 2 aliphatic heterocycles. The second kappa shape index (κ2) is 2.98. The normalized spacial score (nSPS) is 18.5. The maximum atomic E-state index is 4.48. The average molecular weight is 201 g/mol. The first-order valence-electron chi connectivity index (χ1n) is 4.82. The van der Waals surface area contributed by atoms with Crippen molar-refractivity contribution < 1.29 is 0 Å². The monoisotopic (exact) mass is 201 g/mol. The van der Waals surface area contributed by atoms with Crippen LogP contribution in [-0.2, 0) is 0 Å². The van der Waals surface area contributed by atoms with Gasteiger partial charge in [-0.25, -0.2) is 5.01 Å². The molecule has 1 aromatic carbocycles. The summed E-state index contributed by atoms with van der Waals surface area (Å²) in [6, 6.07) is 10.1. The third kappa shape index (κ3) is 1.16. The summed E-state index contributed by atoms with van der Waals surface area (Å²) in [6.45, 7) is 0.649. The van der Waals surface area contributed by atoms with Gasteiger partial charge in [0.1, 0.15) is 6.67 Å². The lowest BCUT2D eigenvalue weighted by Crippen LogP contribution is -2.32. The van der Waals surface area contributed by atoms with Crippen LogP contribution in [0.3, 0.4) is 0 Å². The summed E-state index contributed by atoms with van der Waals surface area (Å²) in [6.07, 6.45) is 0. The van der Waals surface area contributed by atoms with Crippen molar-refractivity contribution in [3.8, 4) is 0 Å². The molecule has 0 saturated carbocycles. The number of nitrogens with zero attached hydrogens (tertiary/aromatic N) is 4. The lowest BCUT2D eigenvalue weighted by atomic mass is 10.2. The van der Waals surface area contributed by atoms with Crippen molar-refractivity contribution in [1.29, 1.82) is 0 Å². The number of benzene rings is 1. The number of rotatable bonds is 1. The highest BCUT2D eigenvalue weighted by atomic mass is 15.7. The molecule has 0 spiro atoms. The van der Waals surface area contributed by atoms with Gasteiger partial charge in [0.2, 0.25) is 5.96 Å². The molecule has 76 valence electrons. The van der Waals surface area contributed by atoms with Crippen molar-refractivity contribution in [2.75, 3.05) is 13.7 Å². The van der Waals surface area contributed by atoms with E-state index < -0.39 is 0 Å². The number of nitrogens with one attached hydrogen (secondary N) is 1. The molecule has 15 heavy (non-hydrogen) atoms. The quantitative estimate of drug-likeness (QED) is 0.716. The summed E-state index contributed by atoms with van der Waals surface area (Å²) in [5, 5.41) is 10.5. The van der Waals surface area contributed by atoms with E-state index in [-0.39, 0.29) is 0 Å². The van der Waals surface area contributed by atoms with E-state index >= 15 is 0 Å². The Morgan fingerprint density at radius 2 is 2.07 bits per heavy atom. The van der Waals surface area contributed by atoms with Gasteiger partial charge in [0.25, 0.3) is 0 Å². The van der Waals surface area contributed by atoms with Crippen molar-refractivity contribution in [3.05, 3.63) is 35.9 Å². The smallest absolute Gasteiger partial charge is 0.246 e. The van der Waals surface area contributed by atoms with E-state index in [0.29, 0.717) is 6.67 Å². The first-order valence-corrected chi connectivity index (χ1v) is 4.82. The third-order valence-electron chi connectivity index (χ3n) is 2.50. The van der Waals surface area contributed by atoms with E-state index in [4.69, 9.17) is 0 Å². The Bertz CT molecular complexity index is 436. The van der Waals surface area contributed by atoms with Crippen molar-refractivity contribution in [2.45, 2.75) is 0 Å². The van der Waals surface area contributed by atoms with Gasteiger partial charge in [-0.05, 0) is 0 Å². The SMILES string of the molecule is CN1C(c2ccccc2)=NN2CNN=C21. The molecule has 0 atom stereocenters. The van der Waals surface area contributed by atoms with Gasteiger partial charge in [-0.3, -0.25) is 10.3 Å². The van der Waals surface area contributed by atoms with Gasteiger partial charge in [-0.2, -0.15) is 0 Å². The largest absolute Gasteiger partial charge is 0.295 e. The number of guanidine groups is 1. The maximum absolute atomic E-state index is 4.48. The van der Waals surface area contributed by atoms with Crippen LogP contribution >= 0.6 is 0 Å². The fourth-order valence-corrected chi connectivity index (χ4v) is 1.74. The van der Waals surface area contributed by atoms with Crippen LogP contribution in [0.4, 0.5) is 0 Å². The molecular weight excluding hydrogens is 190 g/mol. The van der Waals surface area contributed by atoms with Gasteiger partial charge < -0.3 is 0 Å². The lowest BCUT2D eigenvalue weighted by molar-refractivity contribution is 0.450. The molecule has 2 aliphatic rings. The Kier molecular flexibility index (Phi) is 1.65. The zero-order valence-corrected chi connectivity index (χ0v) is 8.38. The highest BCUT2D eigenvalue weighted by Gasteiger charge is 2.31. The third-order valence-corrected chi connectivity index (χ3v) is 2.50. The molecule has 3 rings (SSSR count). The molecule has 0 aromatic heterocycles. The Labute approximate surface area is 87.7 Å². The molecule has 0 unspecified atom stereocenters. The van der Waals surface area contributed by atoms with E-state index in [1.54, 1.807) is 0 Å². The number of hydrogen-bond acceptors (Lipinski definition) is 5. The molecule has 0 fully saturated rings. The molecule has 0 saturated heterocycles. The van der Waals surface area contributed by atoms with Crippen molar-refractivity contribution >= 4 is 11.8 Å². The predicted octanol–water partition coefficient (Wildman–Crippen LogP) is 0.427. The first-order chi connectivity index (χ1) is 7.36. The summed E-state index contributed by atoms with van der Waals surface area (Å²) in [4.78, 5) is 1.98. The van der Waals surface area contributed by atoms with Crippen LogP contribution in [-0.4, -0.2) is 35.4 Å². The van der Waals surface area contributed by atoms with Crippen LogP contribution in [0.2, 0.25) is 0 Å². The van der Waals surface area contributed by atoms with Gasteiger partial charge in [0.05, 0.1) is 0 Å². The van der Waals surface area contributed by atoms with E-state index in [0.717, 1.165) is 17.4 Å². The standard InChI is InChI=1S/C10H11N5/c1-14-9(8-5-3-2-4-6-8)13-15-7-11-12-10(14)15/h2-6,11H,7H2,1H3. The van der Waals surface area contributed by atoms with E-state index in [9.17, 15) is 0 Å². The van der Waals surface area contributed by atoms with Crippen LogP contribution in [0, 0.1) is 0 Å². The number of amidine groups is 1. The molecule has 1 aromatic rings. The Morgan fingerprint density at radius 3 is 2.80 bits per heavy atom. The minimum Gasteiger partial charge on any atom is -0.295 e. The number of hydrogen-bond donors (Lipinski definition) is 1. The van der Waals surface area contributed by atoms with Crippen molar-refractivity contribution in [2.24, 2.45) is 10.2 Å². The predicted molar refractivity (Wildman–Crippen MR) is 58.0 cm³/mol. The Balaban J connectivity index is 1.99. The molecule has 1 N–H and O–H groups in total. The van der Waals surface area contributed by atoms with E-state index in [2.05, 4.69) is 15.6 Å². The molecule has 5 nitrogen and oxygen atoms in total. The molecule has 5 heteroatoms. The molecule has 0 aliphatic carbocycles. The van der Waals surface area contributed by atoms with Crippen LogP contribution in [0.15, 0.2) is 40.5 Å². The molecule has 2 heterocycles. The summed E-state index contributed by atoms with van der Waals surface area (Å²) >= 11 is 0. The van der Waals surface area contributed by atoms with Crippen LogP contribution < -0.4 is 5.43 Å². The van der Waals surface area contributed by atoms with Crippen molar-refractivity contribution in [3.63, 3.8) is 0 Å². The van der Waals surface area contributed by atoms with E-state index in [1.807, 2.05) is 47.3 Å². The molecule has 0 bridgehead atoms. The average Bonchev–Trinajstić information content (AvgIpc) is 2.83. The van der Waals surface area contributed by atoms with Crippen LogP contribution in [0.1, 0.15) is 5.56 Å². The highest BCUT2D eigenvalue weighted by molar-refractivity contribution is 6.11. The summed E-state index contributed by atoms with van der Waals surface area (Å²) in [7, 11) is 1.97. The number of fused-ring (bicyclic) bond motifs is 1. The minimum atomic E-state index is 0.649. The molecular formula is C10H11N5. The number of hydrazone groups is 2. The topological polar surface area (TPSA) is 43.2 Å². The second-order valence-corrected chi connectivity index (χ2v) is 3.48. The van der Waals surface area contributed by atoms with Crippen LogP contribution in [0.5, 0.6) is 0 Å². The highest BCUT2D eigenvalue weighted by Crippen LogP contribution is 2.16. The Hall–Kier alpha value is -2.04. The van der Waals surface area contributed by atoms with E-state index in [1.165, 1.54) is 0 Å². The minimum absolute atomic E-state index is 0.649. The van der Waals surface area contributed by atoms with Crippen molar-refractivity contribution in [1.82, 2.24) is 15.3 Å². The Morgan fingerprint density at radius 1 is 1.27 bits per heavy atom. The lowest BCUT2D eigenvalue weighted by Gasteiger charge is -2.12. The second-order valence-electron chi connectivity index (χ2n) is 3.48. The van der Waals surface area contributed by atoms with Gasteiger partial charge >= 0.3 is 0 Å². The van der Waals surface area contributed by atoms with Gasteiger partial charge in [0.15, 0.2) is 5.84 Å². The van der Waals surface area contributed by atoms with Gasteiger partial charge in [-0.15, -0.1) is 10.2 Å². The fourth-order valence-electron chi connectivity index (χ4n) is 1.74. The fraction of sp³-hybridized carbons (Fsp3) is 0.200. The van der Waals surface area contributed by atoms with Gasteiger partial charge in [0, 0.05) is 12.6 Å².